The third-order valence-electron chi connectivity index (χ3n) is 4.38. The van der Waals surface area contributed by atoms with Crippen molar-refractivity contribution in [3.63, 3.8) is 0 Å². The summed E-state index contributed by atoms with van der Waals surface area (Å²) < 4.78 is 0. The molecule has 132 valence electrons. The molecule has 1 aromatic carbocycles. The third-order valence-corrected chi connectivity index (χ3v) is 4.38. The number of benzene rings is 1. The molecule has 1 atom stereocenters. The molecule has 0 aliphatic carbocycles. The van der Waals surface area contributed by atoms with Gasteiger partial charge >= 0.3 is 0 Å². The van der Waals surface area contributed by atoms with E-state index in [0.717, 1.165) is 25.5 Å². The second kappa shape index (κ2) is 8.12. The first-order valence-electron chi connectivity index (χ1n) is 8.91. The molecule has 1 aliphatic rings. The van der Waals surface area contributed by atoms with E-state index >= 15 is 0 Å². The molecule has 2 N–H and O–H groups in total. The molecule has 1 aliphatic heterocycles. The lowest BCUT2D eigenvalue weighted by molar-refractivity contribution is 0.0948. The zero-order valence-electron chi connectivity index (χ0n) is 14.9. The van der Waals surface area contributed by atoms with Crippen LogP contribution in [0.2, 0.25) is 0 Å². The molecular weight excluding hydrogens is 312 g/mol. The van der Waals surface area contributed by atoms with E-state index in [1.54, 1.807) is 6.20 Å². The lowest BCUT2D eigenvalue weighted by Gasteiger charge is -2.34. The summed E-state index contributed by atoms with van der Waals surface area (Å²) in [6.07, 6.45) is 1.67. The second-order valence-corrected chi connectivity index (χ2v) is 6.87. The largest absolute Gasteiger partial charge is 0.353 e. The van der Waals surface area contributed by atoms with Crippen LogP contribution >= 0.6 is 0 Å². The highest BCUT2D eigenvalue weighted by Gasteiger charge is 2.21. The number of piperazine rings is 1. The fraction of sp³-hybridized carbons (Fsp3) is 0.400. The van der Waals surface area contributed by atoms with Crippen molar-refractivity contribution in [2.24, 2.45) is 5.92 Å². The molecule has 1 amide bonds. The zero-order valence-corrected chi connectivity index (χ0v) is 14.9. The standard InChI is InChI=1S/C20H26N4O/c1-15(2)12-23-20(25)17-8-9-19(22-13-17)24-11-10-21-18(14-24)16-6-4-3-5-7-16/h3-9,13,15,18,21H,10-12,14H2,1-2H3,(H,23,25). The summed E-state index contributed by atoms with van der Waals surface area (Å²) in [5, 5.41) is 6.48. The maximum absolute atomic E-state index is 12.1. The summed E-state index contributed by atoms with van der Waals surface area (Å²) in [5.41, 5.74) is 1.90. The van der Waals surface area contributed by atoms with Crippen molar-refractivity contribution in [1.29, 1.82) is 0 Å². The smallest absolute Gasteiger partial charge is 0.252 e. The van der Waals surface area contributed by atoms with Gasteiger partial charge in [-0.2, -0.15) is 0 Å². The fourth-order valence-electron chi connectivity index (χ4n) is 2.97. The van der Waals surface area contributed by atoms with Crippen molar-refractivity contribution in [2.45, 2.75) is 19.9 Å². The van der Waals surface area contributed by atoms with E-state index < -0.39 is 0 Å². The lowest BCUT2D eigenvalue weighted by atomic mass is 10.0. The molecule has 0 radical (unpaired) electrons. The van der Waals surface area contributed by atoms with Gasteiger partial charge in [-0.25, -0.2) is 4.98 Å². The van der Waals surface area contributed by atoms with Gasteiger partial charge in [-0.3, -0.25) is 4.79 Å². The molecule has 25 heavy (non-hydrogen) atoms. The fourth-order valence-corrected chi connectivity index (χ4v) is 2.97. The molecule has 1 aromatic heterocycles. The monoisotopic (exact) mass is 338 g/mol. The summed E-state index contributed by atoms with van der Waals surface area (Å²) in [6.45, 7) is 7.53. The van der Waals surface area contributed by atoms with Crippen LogP contribution in [0.1, 0.15) is 35.8 Å². The number of aromatic nitrogens is 1. The average molecular weight is 338 g/mol. The highest BCUT2D eigenvalue weighted by molar-refractivity contribution is 5.94. The van der Waals surface area contributed by atoms with Crippen LogP contribution in [-0.2, 0) is 0 Å². The number of rotatable bonds is 5. The van der Waals surface area contributed by atoms with E-state index in [9.17, 15) is 4.79 Å². The number of carbonyl (C=O) groups excluding carboxylic acids is 1. The number of pyridine rings is 1. The van der Waals surface area contributed by atoms with E-state index in [4.69, 9.17) is 0 Å². The molecule has 5 nitrogen and oxygen atoms in total. The Morgan fingerprint density at radius 2 is 2.08 bits per heavy atom. The van der Waals surface area contributed by atoms with Gasteiger partial charge in [0.05, 0.1) is 5.56 Å². The van der Waals surface area contributed by atoms with E-state index in [-0.39, 0.29) is 5.91 Å². The SMILES string of the molecule is CC(C)CNC(=O)c1ccc(N2CCNC(c3ccccc3)C2)nc1. The predicted octanol–water partition coefficient (Wildman–Crippen LogP) is 2.62. The molecule has 1 saturated heterocycles. The van der Waals surface area contributed by atoms with E-state index in [2.05, 4.69) is 58.6 Å². The van der Waals surface area contributed by atoms with Gasteiger partial charge in [-0.05, 0) is 23.6 Å². The van der Waals surface area contributed by atoms with Crippen molar-refractivity contribution < 1.29 is 4.79 Å². The Morgan fingerprint density at radius 3 is 2.76 bits per heavy atom. The zero-order chi connectivity index (χ0) is 17.6. The first kappa shape index (κ1) is 17.4. The average Bonchev–Trinajstić information content (AvgIpc) is 2.67. The second-order valence-electron chi connectivity index (χ2n) is 6.87. The molecule has 5 heteroatoms. The van der Waals surface area contributed by atoms with Gasteiger partial charge in [0.15, 0.2) is 0 Å². The summed E-state index contributed by atoms with van der Waals surface area (Å²) in [4.78, 5) is 18.9. The summed E-state index contributed by atoms with van der Waals surface area (Å²) in [7, 11) is 0. The minimum atomic E-state index is -0.0600. The first-order chi connectivity index (χ1) is 12.1. The van der Waals surface area contributed by atoms with Gasteiger partial charge in [0.1, 0.15) is 5.82 Å². The normalized spacial score (nSPS) is 17.6. The molecular formula is C20H26N4O. The van der Waals surface area contributed by atoms with Crippen LogP contribution in [0, 0.1) is 5.92 Å². The Kier molecular flexibility index (Phi) is 5.66. The van der Waals surface area contributed by atoms with Gasteiger partial charge in [0.2, 0.25) is 0 Å². The molecule has 2 heterocycles. The van der Waals surface area contributed by atoms with Crippen LogP contribution < -0.4 is 15.5 Å². The van der Waals surface area contributed by atoms with Crippen molar-refractivity contribution in [3.05, 3.63) is 59.8 Å². The number of hydrogen-bond donors (Lipinski definition) is 2. The predicted molar refractivity (Wildman–Crippen MR) is 101 cm³/mol. The summed E-state index contributed by atoms with van der Waals surface area (Å²) in [6, 6.07) is 14.6. The van der Waals surface area contributed by atoms with Crippen LogP contribution in [0.25, 0.3) is 0 Å². The van der Waals surface area contributed by atoms with E-state index in [0.29, 0.717) is 24.1 Å². The molecule has 0 bridgehead atoms. The summed E-state index contributed by atoms with van der Waals surface area (Å²) >= 11 is 0. The lowest BCUT2D eigenvalue weighted by Crippen LogP contribution is -2.46. The molecule has 0 saturated carbocycles. The van der Waals surface area contributed by atoms with Gasteiger partial charge in [-0.15, -0.1) is 0 Å². The number of hydrogen-bond acceptors (Lipinski definition) is 4. The number of anilines is 1. The van der Waals surface area contributed by atoms with Crippen LogP contribution in [-0.4, -0.2) is 37.1 Å². The Morgan fingerprint density at radius 1 is 1.28 bits per heavy atom. The Labute approximate surface area is 149 Å². The minimum Gasteiger partial charge on any atom is -0.353 e. The molecule has 3 rings (SSSR count). The minimum absolute atomic E-state index is 0.0600. The number of nitrogens with one attached hydrogen (secondary N) is 2. The molecule has 0 spiro atoms. The third kappa shape index (κ3) is 4.57. The van der Waals surface area contributed by atoms with Crippen molar-refractivity contribution in [3.8, 4) is 0 Å². The Bertz CT molecular complexity index is 685. The van der Waals surface area contributed by atoms with Gasteiger partial charge in [0, 0.05) is 38.4 Å². The first-order valence-corrected chi connectivity index (χ1v) is 8.91. The summed E-state index contributed by atoms with van der Waals surface area (Å²) in [5.74, 6) is 1.30. The van der Waals surface area contributed by atoms with Crippen LogP contribution in [0.5, 0.6) is 0 Å². The molecule has 1 fully saturated rings. The highest BCUT2D eigenvalue weighted by Crippen LogP contribution is 2.21. The highest BCUT2D eigenvalue weighted by atomic mass is 16.1. The van der Waals surface area contributed by atoms with Crippen molar-refractivity contribution >= 4 is 11.7 Å². The van der Waals surface area contributed by atoms with Gasteiger partial charge in [-0.1, -0.05) is 44.2 Å². The Hall–Kier alpha value is -2.40. The van der Waals surface area contributed by atoms with Crippen molar-refractivity contribution in [1.82, 2.24) is 15.6 Å². The molecule has 2 aromatic rings. The maximum atomic E-state index is 12.1. The number of amides is 1. The van der Waals surface area contributed by atoms with E-state index in [1.165, 1.54) is 5.56 Å². The van der Waals surface area contributed by atoms with Gasteiger partial charge in [0.25, 0.3) is 5.91 Å². The van der Waals surface area contributed by atoms with Crippen LogP contribution in [0.4, 0.5) is 5.82 Å². The Balaban J connectivity index is 1.64. The van der Waals surface area contributed by atoms with E-state index in [1.807, 2.05) is 18.2 Å². The maximum Gasteiger partial charge on any atom is 0.252 e. The number of carbonyl (C=O) groups is 1. The number of nitrogens with zero attached hydrogens (tertiary/aromatic N) is 2. The topological polar surface area (TPSA) is 57.3 Å². The van der Waals surface area contributed by atoms with Crippen LogP contribution in [0.3, 0.4) is 0 Å². The molecule has 1 unspecified atom stereocenters. The van der Waals surface area contributed by atoms with Crippen molar-refractivity contribution in [2.75, 3.05) is 31.1 Å². The van der Waals surface area contributed by atoms with Gasteiger partial charge < -0.3 is 15.5 Å². The quantitative estimate of drug-likeness (QED) is 0.880. The van der Waals surface area contributed by atoms with Crippen LogP contribution in [0.15, 0.2) is 48.7 Å².